The lowest BCUT2D eigenvalue weighted by molar-refractivity contribution is 0.673. The summed E-state index contributed by atoms with van der Waals surface area (Å²) in [5.41, 5.74) is 1.26. The monoisotopic (exact) mass is 210 g/mol. The second kappa shape index (κ2) is 6.85. The third kappa shape index (κ3) is 4.11. The van der Waals surface area contributed by atoms with Crippen LogP contribution in [0.25, 0.3) is 0 Å². The number of aromatic nitrogens is 1. The topological polar surface area (TPSA) is 24.9 Å². The fourth-order valence-corrected chi connectivity index (χ4v) is 1.75. The van der Waals surface area contributed by atoms with Crippen LogP contribution in [-0.4, -0.2) is 17.3 Å². The van der Waals surface area contributed by atoms with Crippen LogP contribution in [0, 0.1) is 0 Å². The Bertz CT molecular complexity index is 246. The second-order valence-electron chi connectivity index (χ2n) is 3.11. The molecule has 14 heavy (non-hydrogen) atoms. The third-order valence-corrected chi connectivity index (χ3v) is 2.67. The normalized spacial score (nSPS) is 10.4. The Morgan fingerprint density at radius 1 is 1.36 bits per heavy atom. The van der Waals surface area contributed by atoms with E-state index in [1.54, 1.807) is 11.8 Å². The molecule has 0 spiro atoms. The quantitative estimate of drug-likeness (QED) is 0.577. The molecule has 0 saturated heterocycles. The molecule has 3 heteroatoms. The van der Waals surface area contributed by atoms with Crippen LogP contribution in [-0.2, 0) is 6.54 Å². The molecule has 1 aromatic heterocycles. The molecule has 1 aromatic rings. The summed E-state index contributed by atoms with van der Waals surface area (Å²) in [5, 5.41) is 4.47. The van der Waals surface area contributed by atoms with Gasteiger partial charge in [-0.3, -0.25) is 0 Å². The molecule has 0 fully saturated rings. The zero-order valence-corrected chi connectivity index (χ0v) is 9.73. The molecule has 1 heterocycles. The lowest BCUT2D eigenvalue weighted by Gasteiger charge is -2.03. The SMILES string of the molecule is CCCNCc1ccc(SCC)nc1. The highest BCUT2D eigenvalue weighted by Gasteiger charge is 1.95. The Hall–Kier alpha value is -0.540. The van der Waals surface area contributed by atoms with Crippen molar-refractivity contribution in [1.29, 1.82) is 0 Å². The summed E-state index contributed by atoms with van der Waals surface area (Å²) in [6, 6.07) is 4.24. The van der Waals surface area contributed by atoms with Crippen molar-refractivity contribution in [3.63, 3.8) is 0 Å². The molecular formula is C11H18N2S. The molecule has 2 nitrogen and oxygen atoms in total. The predicted molar refractivity (Wildman–Crippen MR) is 62.6 cm³/mol. The van der Waals surface area contributed by atoms with Crippen LogP contribution < -0.4 is 5.32 Å². The van der Waals surface area contributed by atoms with E-state index in [-0.39, 0.29) is 0 Å². The first kappa shape index (κ1) is 11.5. The van der Waals surface area contributed by atoms with E-state index < -0.39 is 0 Å². The maximum Gasteiger partial charge on any atom is 0.0959 e. The third-order valence-electron chi connectivity index (χ3n) is 1.85. The molecule has 0 atom stereocenters. The predicted octanol–water partition coefficient (Wildman–Crippen LogP) is 2.69. The van der Waals surface area contributed by atoms with E-state index in [0.29, 0.717) is 0 Å². The molecule has 78 valence electrons. The van der Waals surface area contributed by atoms with Gasteiger partial charge in [0, 0.05) is 12.7 Å². The van der Waals surface area contributed by atoms with Crippen LogP contribution >= 0.6 is 11.8 Å². The fourth-order valence-electron chi connectivity index (χ4n) is 1.16. The Balaban J connectivity index is 2.38. The number of hydrogen-bond donors (Lipinski definition) is 1. The first-order valence-corrected chi connectivity index (χ1v) is 6.13. The van der Waals surface area contributed by atoms with Crippen LogP contribution in [0.1, 0.15) is 25.8 Å². The van der Waals surface area contributed by atoms with E-state index in [9.17, 15) is 0 Å². The van der Waals surface area contributed by atoms with E-state index >= 15 is 0 Å². The molecule has 1 N–H and O–H groups in total. The minimum atomic E-state index is 0.928. The summed E-state index contributed by atoms with van der Waals surface area (Å²) >= 11 is 1.78. The zero-order chi connectivity index (χ0) is 10.2. The Morgan fingerprint density at radius 2 is 2.21 bits per heavy atom. The highest BCUT2D eigenvalue weighted by atomic mass is 32.2. The first-order valence-electron chi connectivity index (χ1n) is 5.15. The fraction of sp³-hybridized carbons (Fsp3) is 0.545. The van der Waals surface area contributed by atoms with Gasteiger partial charge in [0.1, 0.15) is 0 Å². The van der Waals surface area contributed by atoms with E-state index in [0.717, 1.165) is 23.9 Å². The molecule has 0 unspecified atom stereocenters. The summed E-state index contributed by atoms with van der Waals surface area (Å²) in [6.45, 7) is 6.32. The van der Waals surface area contributed by atoms with E-state index in [1.807, 2.05) is 6.20 Å². The van der Waals surface area contributed by atoms with Crippen molar-refractivity contribution in [2.45, 2.75) is 31.8 Å². The first-order chi connectivity index (χ1) is 6.86. The number of rotatable bonds is 6. The number of nitrogens with one attached hydrogen (secondary N) is 1. The molecular weight excluding hydrogens is 192 g/mol. The molecule has 0 bridgehead atoms. The summed E-state index contributed by atoms with van der Waals surface area (Å²) < 4.78 is 0. The van der Waals surface area contributed by atoms with Gasteiger partial charge in [-0.15, -0.1) is 11.8 Å². The Morgan fingerprint density at radius 3 is 2.79 bits per heavy atom. The number of pyridine rings is 1. The molecule has 0 saturated carbocycles. The van der Waals surface area contributed by atoms with Gasteiger partial charge in [-0.25, -0.2) is 4.98 Å². The number of thioether (sulfide) groups is 1. The lowest BCUT2D eigenvalue weighted by atomic mass is 10.3. The lowest BCUT2D eigenvalue weighted by Crippen LogP contribution is -2.13. The standard InChI is InChI=1S/C11H18N2S/c1-3-7-12-8-10-5-6-11(13-9-10)14-4-2/h5-6,9,12H,3-4,7-8H2,1-2H3. The summed E-state index contributed by atoms with van der Waals surface area (Å²) in [5.74, 6) is 1.08. The molecule has 0 aliphatic rings. The number of hydrogen-bond acceptors (Lipinski definition) is 3. The van der Waals surface area contributed by atoms with Gasteiger partial charge in [0.15, 0.2) is 0 Å². The minimum absolute atomic E-state index is 0.928. The van der Waals surface area contributed by atoms with E-state index in [1.165, 1.54) is 12.0 Å². The van der Waals surface area contributed by atoms with Crippen LogP contribution in [0.3, 0.4) is 0 Å². The minimum Gasteiger partial charge on any atom is -0.313 e. The molecule has 1 rings (SSSR count). The summed E-state index contributed by atoms with van der Waals surface area (Å²) in [7, 11) is 0. The maximum absolute atomic E-state index is 4.37. The van der Waals surface area contributed by atoms with Crippen molar-refractivity contribution < 1.29 is 0 Å². The van der Waals surface area contributed by atoms with Gasteiger partial charge in [0.05, 0.1) is 5.03 Å². The van der Waals surface area contributed by atoms with Gasteiger partial charge in [0.25, 0.3) is 0 Å². The average molecular weight is 210 g/mol. The highest BCUT2D eigenvalue weighted by Crippen LogP contribution is 2.14. The Kier molecular flexibility index (Phi) is 5.64. The van der Waals surface area contributed by atoms with Gasteiger partial charge in [-0.05, 0) is 30.3 Å². The van der Waals surface area contributed by atoms with Crippen LogP contribution in [0.5, 0.6) is 0 Å². The summed E-state index contributed by atoms with van der Waals surface area (Å²) in [6.07, 6.45) is 3.14. The van der Waals surface area contributed by atoms with Crippen LogP contribution in [0.4, 0.5) is 0 Å². The molecule has 0 radical (unpaired) electrons. The number of nitrogens with zero attached hydrogens (tertiary/aromatic N) is 1. The van der Waals surface area contributed by atoms with Gasteiger partial charge in [-0.2, -0.15) is 0 Å². The van der Waals surface area contributed by atoms with Crippen molar-refractivity contribution >= 4 is 11.8 Å². The maximum atomic E-state index is 4.37. The summed E-state index contributed by atoms with van der Waals surface area (Å²) in [4.78, 5) is 4.37. The molecule has 0 aromatic carbocycles. The van der Waals surface area contributed by atoms with Crippen molar-refractivity contribution in [3.05, 3.63) is 23.9 Å². The van der Waals surface area contributed by atoms with E-state index in [2.05, 4.69) is 36.3 Å². The van der Waals surface area contributed by atoms with Gasteiger partial charge in [-0.1, -0.05) is 19.9 Å². The van der Waals surface area contributed by atoms with Gasteiger partial charge in [0.2, 0.25) is 0 Å². The highest BCUT2D eigenvalue weighted by molar-refractivity contribution is 7.99. The van der Waals surface area contributed by atoms with Crippen molar-refractivity contribution in [3.8, 4) is 0 Å². The zero-order valence-electron chi connectivity index (χ0n) is 8.92. The molecule has 0 aliphatic heterocycles. The Labute approximate surface area is 90.5 Å². The van der Waals surface area contributed by atoms with Crippen molar-refractivity contribution in [2.75, 3.05) is 12.3 Å². The van der Waals surface area contributed by atoms with Crippen LogP contribution in [0.2, 0.25) is 0 Å². The van der Waals surface area contributed by atoms with Crippen LogP contribution in [0.15, 0.2) is 23.4 Å². The average Bonchev–Trinajstić information content (AvgIpc) is 2.21. The largest absolute Gasteiger partial charge is 0.313 e. The van der Waals surface area contributed by atoms with E-state index in [4.69, 9.17) is 0 Å². The smallest absolute Gasteiger partial charge is 0.0959 e. The van der Waals surface area contributed by atoms with Gasteiger partial charge >= 0.3 is 0 Å². The van der Waals surface area contributed by atoms with Crippen molar-refractivity contribution in [1.82, 2.24) is 10.3 Å². The molecule has 0 amide bonds. The van der Waals surface area contributed by atoms with Crippen molar-refractivity contribution in [2.24, 2.45) is 0 Å². The molecule has 0 aliphatic carbocycles. The van der Waals surface area contributed by atoms with Gasteiger partial charge < -0.3 is 5.32 Å². The second-order valence-corrected chi connectivity index (χ2v) is 4.40.